The van der Waals surface area contributed by atoms with Gasteiger partial charge in [-0.05, 0) is 44.2 Å². The van der Waals surface area contributed by atoms with Gasteiger partial charge in [0.15, 0.2) is 11.5 Å². The second-order valence-corrected chi connectivity index (χ2v) is 6.36. The number of carbonyl (C=O) groups is 2. The molecule has 0 saturated carbocycles. The lowest BCUT2D eigenvalue weighted by molar-refractivity contribution is -0.275. The SMILES string of the molecule is CC(C)Oc1c(Cl)cc(C(=O)Nc2ccc(C(=O)O)c(F)c2)cc1OC(F)(F)F. The largest absolute Gasteiger partial charge is 0.573 e. The van der Waals surface area contributed by atoms with Crippen LogP contribution in [0.15, 0.2) is 30.3 Å². The van der Waals surface area contributed by atoms with Crippen molar-refractivity contribution < 1.29 is 41.7 Å². The number of amides is 1. The minimum atomic E-state index is -5.07. The first-order chi connectivity index (χ1) is 13.4. The number of alkyl halides is 3. The van der Waals surface area contributed by atoms with Gasteiger partial charge in [0.2, 0.25) is 0 Å². The van der Waals surface area contributed by atoms with E-state index in [4.69, 9.17) is 21.4 Å². The quantitative estimate of drug-likeness (QED) is 0.615. The van der Waals surface area contributed by atoms with Gasteiger partial charge in [-0.3, -0.25) is 4.79 Å². The van der Waals surface area contributed by atoms with Crippen LogP contribution in [-0.2, 0) is 0 Å². The highest BCUT2D eigenvalue weighted by atomic mass is 35.5. The highest BCUT2D eigenvalue weighted by molar-refractivity contribution is 6.32. The molecule has 1 amide bonds. The Labute approximate surface area is 167 Å². The van der Waals surface area contributed by atoms with E-state index in [0.717, 1.165) is 30.3 Å². The molecule has 0 saturated heterocycles. The molecule has 2 aromatic carbocycles. The van der Waals surface area contributed by atoms with Crippen molar-refractivity contribution in [3.8, 4) is 11.5 Å². The average molecular weight is 436 g/mol. The fourth-order valence-corrected chi connectivity index (χ4v) is 2.47. The number of halogens is 5. The zero-order valence-electron chi connectivity index (χ0n) is 14.9. The summed E-state index contributed by atoms with van der Waals surface area (Å²) < 4.78 is 61.0. The third-order valence-corrected chi connectivity index (χ3v) is 3.59. The van der Waals surface area contributed by atoms with Crippen molar-refractivity contribution in [2.45, 2.75) is 26.3 Å². The maximum Gasteiger partial charge on any atom is 0.573 e. The van der Waals surface area contributed by atoms with Crippen LogP contribution in [0.1, 0.15) is 34.6 Å². The number of aromatic carboxylic acids is 1. The van der Waals surface area contributed by atoms with Crippen molar-refractivity contribution in [3.63, 3.8) is 0 Å². The first kappa shape index (κ1) is 22.3. The van der Waals surface area contributed by atoms with Crippen LogP contribution in [0.2, 0.25) is 5.02 Å². The van der Waals surface area contributed by atoms with E-state index in [1.54, 1.807) is 13.8 Å². The van der Waals surface area contributed by atoms with E-state index in [1.165, 1.54) is 0 Å². The Morgan fingerprint density at radius 2 is 1.83 bits per heavy atom. The van der Waals surface area contributed by atoms with Gasteiger partial charge in [-0.15, -0.1) is 13.2 Å². The third-order valence-electron chi connectivity index (χ3n) is 3.31. The van der Waals surface area contributed by atoms with E-state index in [2.05, 4.69) is 10.1 Å². The first-order valence-electron chi connectivity index (χ1n) is 7.97. The van der Waals surface area contributed by atoms with Crippen molar-refractivity contribution >= 4 is 29.2 Å². The summed E-state index contributed by atoms with van der Waals surface area (Å²) in [5.41, 5.74) is -1.05. The van der Waals surface area contributed by atoms with Crippen molar-refractivity contribution in [1.82, 2.24) is 0 Å². The van der Waals surface area contributed by atoms with E-state index >= 15 is 0 Å². The Morgan fingerprint density at radius 3 is 2.34 bits per heavy atom. The van der Waals surface area contributed by atoms with Crippen LogP contribution in [0.3, 0.4) is 0 Å². The molecule has 0 aliphatic heterocycles. The van der Waals surface area contributed by atoms with Gasteiger partial charge in [0.1, 0.15) is 5.82 Å². The molecule has 29 heavy (non-hydrogen) atoms. The van der Waals surface area contributed by atoms with E-state index in [9.17, 15) is 27.2 Å². The maximum atomic E-state index is 13.7. The number of carboxylic acid groups (broad SMARTS) is 1. The molecular formula is C18H14ClF4NO5. The van der Waals surface area contributed by atoms with Gasteiger partial charge in [0.05, 0.1) is 16.7 Å². The number of carboxylic acids is 1. The van der Waals surface area contributed by atoms with Crippen molar-refractivity contribution in [2.75, 3.05) is 5.32 Å². The highest BCUT2D eigenvalue weighted by Crippen LogP contribution is 2.40. The number of carbonyl (C=O) groups excluding carboxylic acids is 1. The van der Waals surface area contributed by atoms with Gasteiger partial charge < -0.3 is 19.9 Å². The molecular weight excluding hydrogens is 422 g/mol. The summed E-state index contributed by atoms with van der Waals surface area (Å²) >= 11 is 5.96. The Balaban J connectivity index is 2.37. The zero-order valence-corrected chi connectivity index (χ0v) is 15.7. The lowest BCUT2D eigenvalue weighted by Gasteiger charge is -2.18. The summed E-state index contributed by atoms with van der Waals surface area (Å²) in [7, 11) is 0. The molecule has 2 N–H and O–H groups in total. The van der Waals surface area contributed by atoms with E-state index in [-0.39, 0.29) is 16.3 Å². The molecule has 11 heteroatoms. The van der Waals surface area contributed by atoms with Gasteiger partial charge in [0.25, 0.3) is 5.91 Å². The predicted octanol–water partition coefficient (Wildman–Crippen LogP) is 5.12. The fraction of sp³-hybridized carbons (Fsp3) is 0.222. The Hall–Kier alpha value is -3.01. The van der Waals surface area contributed by atoms with E-state index < -0.39 is 47.2 Å². The summed E-state index contributed by atoms with van der Waals surface area (Å²) in [6.45, 7) is 3.12. The fourth-order valence-electron chi connectivity index (χ4n) is 2.22. The lowest BCUT2D eigenvalue weighted by atomic mass is 10.1. The number of ether oxygens (including phenoxy) is 2. The molecule has 0 radical (unpaired) electrons. The van der Waals surface area contributed by atoms with Crippen LogP contribution in [0.25, 0.3) is 0 Å². The average Bonchev–Trinajstić information content (AvgIpc) is 2.55. The first-order valence-corrected chi connectivity index (χ1v) is 8.35. The van der Waals surface area contributed by atoms with Crippen LogP contribution in [0.4, 0.5) is 23.2 Å². The molecule has 0 unspecified atom stereocenters. The number of hydrogen-bond acceptors (Lipinski definition) is 4. The maximum absolute atomic E-state index is 13.7. The molecule has 0 bridgehead atoms. The Kier molecular flexibility index (Phi) is 6.58. The second-order valence-electron chi connectivity index (χ2n) is 5.95. The van der Waals surface area contributed by atoms with Crippen LogP contribution >= 0.6 is 11.6 Å². The van der Waals surface area contributed by atoms with Gasteiger partial charge in [-0.1, -0.05) is 11.6 Å². The molecule has 0 atom stereocenters. The standard InChI is InChI=1S/C18H14ClF4NO5/c1-8(2)28-15-12(19)5-9(6-14(15)29-18(21,22)23)16(25)24-10-3-4-11(17(26)27)13(20)7-10/h3-8H,1-2H3,(H,24,25)(H,26,27). The van der Waals surface area contributed by atoms with Crippen LogP contribution in [0.5, 0.6) is 11.5 Å². The van der Waals surface area contributed by atoms with Gasteiger partial charge in [-0.2, -0.15) is 0 Å². The molecule has 6 nitrogen and oxygen atoms in total. The molecule has 2 aromatic rings. The van der Waals surface area contributed by atoms with E-state index in [1.807, 2.05) is 0 Å². The minimum absolute atomic E-state index is 0.116. The smallest absolute Gasteiger partial charge is 0.486 e. The summed E-state index contributed by atoms with van der Waals surface area (Å²) in [5.74, 6) is -4.75. The topological polar surface area (TPSA) is 84.9 Å². The van der Waals surface area contributed by atoms with Crippen molar-refractivity contribution in [1.29, 1.82) is 0 Å². The molecule has 0 heterocycles. The van der Waals surface area contributed by atoms with Crippen molar-refractivity contribution in [2.24, 2.45) is 0 Å². The lowest BCUT2D eigenvalue weighted by Crippen LogP contribution is -2.20. The van der Waals surface area contributed by atoms with Gasteiger partial charge >= 0.3 is 12.3 Å². The van der Waals surface area contributed by atoms with E-state index in [0.29, 0.717) is 0 Å². The molecule has 156 valence electrons. The van der Waals surface area contributed by atoms with Crippen LogP contribution in [0, 0.1) is 5.82 Å². The predicted molar refractivity (Wildman–Crippen MR) is 95.2 cm³/mol. The molecule has 0 aliphatic rings. The monoisotopic (exact) mass is 435 g/mol. The highest BCUT2D eigenvalue weighted by Gasteiger charge is 2.34. The summed E-state index contributed by atoms with van der Waals surface area (Å²) in [6, 6.07) is 4.63. The number of anilines is 1. The number of rotatable bonds is 6. The number of nitrogens with one attached hydrogen (secondary N) is 1. The molecule has 0 spiro atoms. The third kappa shape index (κ3) is 5.98. The van der Waals surface area contributed by atoms with Gasteiger partial charge in [-0.25, -0.2) is 9.18 Å². The summed E-state index contributed by atoms with van der Waals surface area (Å²) in [4.78, 5) is 23.2. The van der Waals surface area contributed by atoms with Gasteiger partial charge in [0, 0.05) is 11.3 Å². The summed E-state index contributed by atoms with van der Waals surface area (Å²) in [6.07, 6.45) is -5.60. The van der Waals surface area contributed by atoms with Crippen molar-refractivity contribution in [3.05, 3.63) is 52.3 Å². The second kappa shape index (κ2) is 8.56. The van der Waals surface area contributed by atoms with Crippen LogP contribution in [-0.4, -0.2) is 29.4 Å². The Bertz CT molecular complexity index is 947. The Morgan fingerprint density at radius 1 is 1.17 bits per heavy atom. The zero-order chi connectivity index (χ0) is 21.9. The minimum Gasteiger partial charge on any atom is -0.486 e. The normalized spacial score (nSPS) is 11.3. The summed E-state index contributed by atoms with van der Waals surface area (Å²) in [5, 5.41) is 10.7. The number of benzene rings is 2. The number of hydrogen-bond donors (Lipinski definition) is 2. The van der Waals surface area contributed by atoms with Crippen LogP contribution < -0.4 is 14.8 Å². The molecule has 2 rings (SSSR count). The molecule has 0 aromatic heterocycles. The molecule has 0 aliphatic carbocycles. The molecule has 0 fully saturated rings.